The van der Waals surface area contributed by atoms with Crippen molar-refractivity contribution in [2.75, 3.05) is 38.4 Å². The fourth-order valence-corrected chi connectivity index (χ4v) is 3.09. The van der Waals surface area contributed by atoms with Crippen LogP contribution in [0.4, 0.5) is 0 Å². The summed E-state index contributed by atoms with van der Waals surface area (Å²) in [5.41, 5.74) is 0. The highest BCUT2D eigenvalue weighted by atomic mass is 32.2. The van der Waals surface area contributed by atoms with Gasteiger partial charge in [0.05, 0.1) is 24.5 Å². The Bertz CT molecular complexity index is 341. The lowest BCUT2D eigenvalue weighted by Gasteiger charge is -2.22. The second-order valence-corrected chi connectivity index (χ2v) is 6.27. The number of carbonyl (C=O) groups excluding carboxylic acids is 1. The van der Waals surface area contributed by atoms with Crippen LogP contribution in [0.25, 0.3) is 0 Å². The van der Waals surface area contributed by atoms with Crippen molar-refractivity contribution >= 4 is 15.8 Å². The smallest absolute Gasteiger partial charge is 0.307 e. The average Bonchev–Trinajstić information content (AvgIpc) is 2.23. The molecule has 0 aromatic heterocycles. The van der Waals surface area contributed by atoms with E-state index in [0.29, 0.717) is 26.2 Å². The van der Waals surface area contributed by atoms with Crippen LogP contribution < -0.4 is 5.32 Å². The number of ether oxygens (including phenoxy) is 2. The van der Waals surface area contributed by atoms with Gasteiger partial charge in [-0.3, -0.25) is 4.79 Å². The maximum atomic E-state index is 11.4. The van der Waals surface area contributed by atoms with Gasteiger partial charge in [-0.1, -0.05) is 0 Å². The second-order valence-electron chi connectivity index (χ2n) is 4.04. The van der Waals surface area contributed by atoms with E-state index in [1.165, 1.54) is 0 Å². The molecule has 0 spiro atoms. The van der Waals surface area contributed by atoms with Crippen molar-refractivity contribution in [2.45, 2.75) is 18.9 Å². The van der Waals surface area contributed by atoms with E-state index < -0.39 is 9.84 Å². The molecule has 7 heteroatoms. The normalized spacial score (nSPS) is 23.2. The van der Waals surface area contributed by atoms with Crippen molar-refractivity contribution in [3.63, 3.8) is 0 Å². The first-order valence-corrected chi connectivity index (χ1v) is 7.44. The van der Waals surface area contributed by atoms with Gasteiger partial charge in [-0.05, 0) is 0 Å². The third-order valence-corrected chi connectivity index (χ3v) is 4.21. The molecular weight excluding hydrogens is 246 g/mol. The van der Waals surface area contributed by atoms with E-state index in [9.17, 15) is 13.2 Å². The minimum atomic E-state index is -3.00. The molecule has 0 aromatic rings. The van der Waals surface area contributed by atoms with E-state index >= 15 is 0 Å². The summed E-state index contributed by atoms with van der Waals surface area (Å²) in [6.07, 6.45) is 0.755. The second kappa shape index (κ2) is 6.93. The highest BCUT2D eigenvalue weighted by molar-refractivity contribution is 7.91. The van der Waals surface area contributed by atoms with Gasteiger partial charge in [-0.15, -0.1) is 0 Å². The summed E-state index contributed by atoms with van der Waals surface area (Å²) < 4.78 is 32.4. The fourth-order valence-electron chi connectivity index (χ4n) is 1.65. The zero-order valence-corrected chi connectivity index (χ0v) is 10.8. The lowest BCUT2D eigenvalue weighted by Crippen LogP contribution is -2.46. The van der Waals surface area contributed by atoms with Crippen molar-refractivity contribution in [3.05, 3.63) is 0 Å². The molecule has 0 aliphatic carbocycles. The molecule has 1 fully saturated rings. The molecule has 0 saturated carbocycles. The molecule has 0 bridgehead atoms. The van der Waals surface area contributed by atoms with E-state index in [1.54, 1.807) is 7.11 Å². The first kappa shape index (κ1) is 14.4. The maximum absolute atomic E-state index is 11.4. The largest absolute Gasteiger partial charge is 0.466 e. The zero-order valence-electron chi connectivity index (χ0n) is 9.98. The highest BCUT2D eigenvalue weighted by Gasteiger charge is 2.26. The summed E-state index contributed by atoms with van der Waals surface area (Å²) in [6, 6.07) is -0.316. The van der Waals surface area contributed by atoms with Gasteiger partial charge in [0.25, 0.3) is 0 Å². The standard InChI is InChI=1S/C10H19NO5S/c1-15-4-2-5-16-10(12)7-9-8-17(13,14)6-3-11-9/h9,11H,2-8H2,1H3. The van der Waals surface area contributed by atoms with Gasteiger partial charge in [0.1, 0.15) is 0 Å². The Balaban J connectivity index is 2.22. The van der Waals surface area contributed by atoms with Gasteiger partial charge in [0, 0.05) is 32.7 Å². The number of rotatable bonds is 6. The van der Waals surface area contributed by atoms with Gasteiger partial charge in [-0.25, -0.2) is 8.42 Å². The van der Waals surface area contributed by atoms with Gasteiger partial charge >= 0.3 is 5.97 Å². The Kier molecular flexibility index (Phi) is 5.87. The fraction of sp³-hybridized carbons (Fsp3) is 0.900. The molecule has 1 heterocycles. The highest BCUT2D eigenvalue weighted by Crippen LogP contribution is 2.06. The molecule has 1 rings (SSSR count). The van der Waals surface area contributed by atoms with Crippen LogP contribution >= 0.6 is 0 Å². The predicted octanol–water partition coefficient (Wildman–Crippen LogP) is -0.657. The van der Waals surface area contributed by atoms with Crippen LogP contribution in [0, 0.1) is 0 Å². The molecular formula is C10H19NO5S. The van der Waals surface area contributed by atoms with Crippen molar-refractivity contribution in [2.24, 2.45) is 0 Å². The minimum Gasteiger partial charge on any atom is -0.466 e. The molecule has 1 atom stereocenters. The lowest BCUT2D eigenvalue weighted by atomic mass is 10.2. The summed E-state index contributed by atoms with van der Waals surface area (Å²) >= 11 is 0. The molecule has 1 unspecified atom stereocenters. The molecule has 1 aliphatic heterocycles. The third kappa shape index (κ3) is 5.99. The van der Waals surface area contributed by atoms with Crippen molar-refractivity contribution in [1.82, 2.24) is 5.32 Å². The van der Waals surface area contributed by atoms with Crippen LogP contribution in [0.5, 0.6) is 0 Å². The van der Waals surface area contributed by atoms with Crippen molar-refractivity contribution in [3.8, 4) is 0 Å². The number of methoxy groups -OCH3 is 1. The maximum Gasteiger partial charge on any atom is 0.307 e. The van der Waals surface area contributed by atoms with Crippen molar-refractivity contribution in [1.29, 1.82) is 0 Å². The molecule has 0 aromatic carbocycles. The Morgan fingerprint density at radius 1 is 1.41 bits per heavy atom. The predicted molar refractivity (Wildman–Crippen MR) is 62.5 cm³/mol. The number of hydrogen-bond acceptors (Lipinski definition) is 6. The van der Waals surface area contributed by atoms with Crippen LogP contribution in [-0.2, 0) is 24.1 Å². The van der Waals surface area contributed by atoms with Gasteiger partial charge in [0.15, 0.2) is 9.84 Å². The number of esters is 1. The first-order valence-electron chi connectivity index (χ1n) is 5.62. The van der Waals surface area contributed by atoms with Crippen LogP contribution in [0.15, 0.2) is 0 Å². The lowest BCUT2D eigenvalue weighted by molar-refractivity contribution is -0.144. The molecule has 17 heavy (non-hydrogen) atoms. The van der Waals surface area contributed by atoms with E-state index in [1.807, 2.05) is 0 Å². The average molecular weight is 265 g/mol. The number of sulfone groups is 1. The van der Waals surface area contributed by atoms with Crippen LogP contribution in [0.1, 0.15) is 12.8 Å². The Labute approximate surface area is 102 Å². The molecule has 1 saturated heterocycles. The van der Waals surface area contributed by atoms with Crippen LogP contribution in [-0.4, -0.2) is 58.8 Å². The third-order valence-electron chi connectivity index (χ3n) is 2.47. The van der Waals surface area contributed by atoms with Crippen LogP contribution in [0.3, 0.4) is 0 Å². The molecule has 1 N–H and O–H groups in total. The van der Waals surface area contributed by atoms with Crippen molar-refractivity contribution < 1.29 is 22.7 Å². The first-order chi connectivity index (χ1) is 8.03. The Morgan fingerprint density at radius 2 is 2.18 bits per heavy atom. The number of hydrogen-bond donors (Lipinski definition) is 1. The Morgan fingerprint density at radius 3 is 2.82 bits per heavy atom. The van der Waals surface area contributed by atoms with Gasteiger partial charge in [-0.2, -0.15) is 0 Å². The topological polar surface area (TPSA) is 81.7 Å². The number of nitrogens with one attached hydrogen (secondary N) is 1. The molecule has 100 valence electrons. The Hall–Kier alpha value is -0.660. The summed E-state index contributed by atoms with van der Waals surface area (Å²) in [4.78, 5) is 11.4. The zero-order chi connectivity index (χ0) is 12.7. The van der Waals surface area contributed by atoms with E-state index in [2.05, 4.69) is 5.32 Å². The summed E-state index contributed by atoms with van der Waals surface area (Å²) in [7, 11) is -1.41. The molecule has 1 aliphatic rings. The summed E-state index contributed by atoms with van der Waals surface area (Å²) in [5, 5.41) is 3.00. The van der Waals surface area contributed by atoms with E-state index in [0.717, 1.165) is 0 Å². The van der Waals surface area contributed by atoms with Crippen LogP contribution in [0.2, 0.25) is 0 Å². The summed E-state index contributed by atoms with van der Waals surface area (Å²) in [6.45, 7) is 1.26. The van der Waals surface area contributed by atoms with Gasteiger partial charge < -0.3 is 14.8 Å². The van der Waals surface area contributed by atoms with E-state index in [4.69, 9.17) is 9.47 Å². The number of carbonyl (C=O) groups is 1. The minimum absolute atomic E-state index is 0.0141. The molecule has 0 amide bonds. The van der Waals surface area contributed by atoms with E-state index in [-0.39, 0.29) is 29.9 Å². The van der Waals surface area contributed by atoms with Gasteiger partial charge in [0.2, 0.25) is 0 Å². The molecule has 0 radical (unpaired) electrons. The SMILES string of the molecule is COCCCOC(=O)CC1CS(=O)(=O)CCN1. The quantitative estimate of drug-likeness (QED) is 0.507. The molecule has 6 nitrogen and oxygen atoms in total. The monoisotopic (exact) mass is 265 g/mol. The summed E-state index contributed by atoms with van der Waals surface area (Å²) in [5.74, 6) is -0.206.